The van der Waals surface area contributed by atoms with Gasteiger partial charge in [-0.05, 0) is 43.2 Å². The Bertz CT molecular complexity index is 815. The lowest BCUT2D eigenvalue weighted by Crippen LogP contribution is -2.51. The molecule has 2 aliphatic heterocycles. The molecule has 0 saturated carbocycles. The zero-order valence-corrected chi connectivity index (χ0v) is 15.6. The molecule has 5 heteroatoms. The average molecular weight is 356 g/mol. The Morgan fingerprint density at radius 3 is 3.00 bits per heavy atom. The van der Waals surface area contributed by atoms with E-state index in [1.807, 2.05) is 19.1 Å². The minimum Gasteiger partial charge on any atom is -0.469 e. The van der Waals surface area contributed by atoms with E-state index in [2.05, 4.69) is 22.0 Å². The smallest absolute Gasteiger partial charge is 0.314 e. The van der Waals surface area contributed by atoms with E-state index in [1.165, 1.54) is 18.1 Å². The molecule has 26 heavy (non-hydrogen) atoms. The number of methoxy groups -OCH3 is 1. The number of carbonyl (C=O) groups is 1. The highest BCUT2D eigenvalue weighted by atomic mass is 16.5. The minimum atomic E-state index is -0.649. The number of para-hydroxylation sites is 1. The van der Waals surface area contributed by atoms with Gasteiger partial charge in [0.1, 0.15) is 0 Å². The van der Waals surface area contributed by atoms with Gasteiger partial charge in [0, 0.05) is 36.2 Å². The summed E-state index contributed by atoms with van der Waals surface area (Å²) in [5.74, 6) is -0.196. The molecule has 1 unspecified atom stereocenters. The van der Waals surface area contributed by atoms with Crippen molar-refractivity contribution in [2.45, 2.75) is 44.1 Å². The summed E-state index contributed by atoms with van der Waals surface area (Å²) >= 11 is 0. The van der Waals surface area contributed by atoms with Gasteiger partial charge in [0.2, 0.25) is 0 Å². The van der Waals surface area contributed by atoms with Crippen molar-refractivity contribution in [1.82, 2.24) is 9.88 Å². The van der Waals surface area contributed by atoms with Gasteiger partial charge in [0.25, 0.3) is 0 Å². The van der Waals surface area contributed by atoms with Gasteiger partial charge in [-0.3, -0.25) is 9.69 Å². The van der Waals surface area contributed by atoms with Crippen LogP contribution in [-0.4, -0.2) is 53.3 Å². The Labute approximate surface area is 154 Å². The van der Waals surface area contributed by atoms with Crippen LogP contribution in [0.1, 0.15) is 43.4 Å². The number of aromatic amines is 1. The molecule has 4 atom stereocenters. The summed E-state index contributed by atoms with van der Waals surface area (Å²) in [6.07, 6.45) is 3.09. The van der Waals surface area contributed by atoms with E-state index in [0.29, 0.717) is 6.42 Å². The number of benzene rings is 1. The highest BCUT2D eigenvalue weighted by Crippen LogP contribution is 2.39. The number of hydrogen-bond acceptors (Lipinski definition) is 4. The number of nitrogens with one attached hydrogen (secondary N) is 1. The second kappa shape index (κ2) is 6.71. The van der Waals surface area contributed by atoms with Crippen molar-refractivity contribution in [3.63, 3.8) is 0 Å². The summed E-state index contributed by atoms with van der Waals surface area (Å²) < 4.78 is 5.16. The second-order valence-corrected chi connectivity index (χ2v) is 8.01. The van der Waals surface area contributed by atoms with E-state index in [0.717, 1.165) is 50.1 Å². The molecule has 1 saturated heterocycles. The Kier molecular flexibility index (Phi) is 4.53. The van der Waals surface area contributed by atoms with Gasteiger partial charge in [-0.15, -0.1) is 0 Å². The number of rotatable bonds is 2. The lowest BCUT2D eigenvalue weighted by Gasteiger charge is -2.43. The van der Waals surface area contributed by atoms with Crippen molar-refractivity contribution < 1.29 is 14.6 Å². The zero-order valence-electron chi connectivity index (χ0n) is 15.6. The summed E-state index contributed by atoms with van der Waals surface area (Å²) in [7, 11) is 1.47. The Balaban J connectivity index is 1.79. The summed E-state index contributed by atoms with van der Waals surface area (Å²) in [5.41, 5.74) is 2.66. The largest absolute Gasteiger partial charge is 0.469 e. The third-order valence-corrected chi connectivity index (χ3v) is 6.29. The second-order valence-electron chi connectivity index (χ2n) is 8.01. The molecule has 4 rings (SSSR count). The van der Waals surface area contributed by atoms with Gasteiger partial charge in [-0.25, -0.2) is 0 Å². The predicted octanol–water partition coefficient (Wildman–Crippen LogP) is 2.83. The first kappa shape index (κ1) is 17.6. The third kappa shape index (κ3) is 3.03. The van der Waals surface area contributed by atoms with E-state index in [1.54, 1.807) is 0 Å². The number of carbonyl (C=O) groups excluding carboxylic acids is 1. The fourth-order valence-electron chi connectivity index (χ4n) is 4.96. The van der Waals surface area contributed by atoms with Crippen molar-refractivity contribution in [2.24, 2.45) is 5.92 Å². The number of aromatic nitrogens is 1. The number of H-pyrrole nitrogens is 1. The summed E-state index contributed by atoms with van der Waals surface area (Å²) in [4.78, 5) is 18.5. The van der Waals surface area contributed by atoms with Crippen molar-refractivity contribution in [1.29, 1.82) is 0 Å². The van der Waals surface area contributed by atoms with E-state index in [-0.39, 0.29) is 17.8 Å². The van der Waals surface area contributed by atoms with Crippen molar-refractivity contribution in [3.8, 4) is 0 Å². The van der Waals surface area contributed by atoms with Gasteiger partial charge in [0.05, 0.1) is 18.6 Å². The van der Waals surface area contributed by atoms with Crippen LogP contribution in [0.2, 0.25) is 0 Å². The highest BCUT2D eigenvalue weighted by Gasteiger charge is 2.40. The van der Waals surface area contributed by atoms with Gasteiger partial charge in [-0.1, -0.05) is 25.1 Å². The quantitative estimate of drug-likeness (QED) is 0.812. The SMILES string of the molecule is CC[C@@]1(O)C[C@@H]2C[C@@H](C(=O)OC)c3[nH]c4ccccc4c3CCN(C2)C1. The Hall–Kier alpha value is -1.85. The molecular formula is C21H28N2O3. The normalized spacial score (nSPS) is 31.6. The van der Waals surface area contributed by atoms with Crippen molar-refractivity contribution in [2.75, 3.05) is 26.7 Å². The summed E-state index contributed by atoms with van der Waals surface area (Å²) in [6.45, 7) is 4.62. The zero-order chi connectivity index (χ0) is 18.3. The van der Waals surface area contributed by atoms with E-state index in [4.69, 9.17) is 4.74 Å². The topological polar surface area (TPSA) is 65.6 Å². The standard InChI is InChI=1S/C21H28N2O3/c1-3-21(25)11-14-10-17(20(24)26-2)19-16(8-9-23(12-14)13-21)15-6-4-5-7-18(15)22-19/h4-7,14,17,22,25H,3,8-13H2,1-2H3/t14-,17+,21+/m0/s1. The van der Waals surface area contributed by atoms with Crippen LogP contribution >= 0.6 is 0 Å². The average Bonchev–Trinajstić information content (AvgIpc) is 3.02. The van der Waals surface area contributed by atoms with Crippen LogP contribution in [0, 0.1) is 5.92 Å². The first-order valence-corrected chi connectivity index (χ1v) is 9.65. The molecule has 0 spiro atoms. The first-order chi connectivity index (χ1) is 12.5. The molecule has 140 valence electrons. The van der Waals surface area contributed by atoms with E-state index >= 15 is 0 Å². The van der Waals surface area contributed by atoms with Crippen LogP contribution in [0.3, 0.4) is 0 Å². The molecule has 2 bridgehead atoms. The predicted molar refractivity (Wildman–Crippen MR) is 101 cm³/mol. The maximum absolute atomic E-state index is 12.7. The molecule has 1 fully saturated rings. The Morgan fingerprint density at radius 1 is 1.42 bits per heavy atom. The van der Waals surface area contributed by atoms with Crippen molar-refractivity contribution >= 4 is 16.9 Å². The van der Waals surface area contributed by atoms with Crippen LogP contribution in [0.4, 0.5) is 0 Å². The maximum Gasteiger partial charge on any atom is 0.314 e. The first-order valence-electron chi connectivity index (χ1n) is 9.65. The summed E-state index contributed by atoms with van der Waals surface area (Å²) in [5, 5.41) is 12.1. The number of esters is 1. The fourth-order valence-corrected chi connectivity index (χ4v) is 4.96. The van der Waals surface area contributed by atoms with Crippen LogP contribution < -0.4 is 0 Å². The number of hydrogen-bond donors (Lipinski definition) is 2. The van der Waals surface area contributed by atoms with Gasteiger partial charge >= 0.3 is 5.97 Å². The Morgan fingerprint density at radius 2 is 2.23 bits per heavy atom. The molecule has 5 nitrogen and oxygen atoms in total. The summed E-state index contributed by atoms with van der Waals surface area (Å²) in [6, 6.07) is 8.26. The molecule has 1 aromatic carbocycles. The van der Waals surface area contributed by atoms with Gasteiger partial charge in [0.15, 0.2) is 0 Å². The van der Waals surface area contributed by atoms with Crippen LogP contribution in [0.25, 0.3) is 10.9 Å². The van der Waals surface area contributed by atoms with Crippen LogP contribution in [-0.2, 0) is 16.0 Å². The maximum atomic E-state index is 12.7. The molecule has 2 N–H and O–H groups in total. The molecule has 0 radical (unpaired) electrons. The lowest BCUT2D eigenvalue weighted by molar-refractivity contribution is -0.143. The molecular weight excluding hydrogens is 328 g/mol. The van der Waals surface area contributed by atoms with Crippen molar-refractivity contribution in [3.05, 3.63) is 35.5 Å². The van der Waals surface area contributed by atoms with Gasteiger partial charge < -0.3 is 14.8 Å². The number of nitrogens with zero attached hydrogens (tertiary/aromatic N) is 1. The molecule has 3 heterocycles. The molecule has 2 aromatic rings. The minimum absolute atomic E-state index is 0.183. The molecule has 0 amide bonds. The van der Waals surface area contributed by atoms with Gasteiger partial charge in [-0.2, -0.15) is 0 Å². The highest BCUT2D eigenvalue weighted by molar-refractivity contribution is 5.88. The molecule has 0 aliphatic carbocycles. The lowest BCUT2D eigenvalue weighted by atomic mass is 9.79. The molecule has 2 aliphatic rings. The van der Waals surface area contributed by atoms with E-state index in [9.17, 15) is 9.90 Å². The number of piperidine rings is 1. The fraction of sp³-hybridized carbons (Fsp3) is 0.571. The van der Waals surface area contributed by atoms with Crippen LogP contribution in [0.15, 0.2) is 24.3 Å². The van der Waals surface area contributed by atoms with E-state index < -0.39 is 5.60 Å². The monoisotopic (exact) mass is 356 g/mol. The third-order valence-electron chi connectivity index (χ3n) is 6.29. The number of fused-ring (bicyclic) bond motifs is 5. The number of ether oxygens (including phenoxy) is 1. The molecule has 1 aromatic heterocycles. The number of aliphatic hydroxyl groups is 1. The van der Waals surface area contributed by atoms with Crippen LogP contribution in [0.5, 0.6) is 0 Å².